The molecular formula is C15H12BrClFI. The molecule has 2 rings (SSSR count). The molecule has 100 valence electrons. The average molecular weight is 454 g/mol. The van der Waals surface area contributed by atoms with Gasteiger partial charge in [-0.15, -0.1) is 11.6 Å². The van der Waals surface area contributed by atoms with Gasteiger partial charge in [0.1, 0.15) is 5.82 Å². The summed E-state index contributed by atoms with van der Waals surface area (Å²) in [4.78, 5) is 0. The summed E-state index contributed by atoms with van der Waals surface area (Å²) in [6.07, 6.45) is 0. The largest absolute Gasteiger partial charge is 0.207 e. The van der Waals surface area contributed by atoms with Gasteiger partial charge >= 0.3 is 0 Å². The Morgan fingerprint density at radius 1 is 1.11 bits per heavy atom. The van der Waals surface area contributed by atoms with E-state index in [1.54, 1.807) is 6.07 Å². The first-order valence-corrected chi connectivity index (χ1v) is 8.06. The summed E-state index contributed by atoms with van der Waals surface area (Å²) in [7, 11) is 0. The highest BCUT2D eigenvalue weighted by molar-refractivity contribution is 14.1. The molecule has 0 amide bonds. The summed E-state index contributed by atoms with van der Waals surface area (Å²) in [6, 6.07) is 8.86. The third kappa shape index (κ3) is 3.31. The lowest BCUT2D eigenvalue weighted by Crippen LogP contribution is -2.00. The van der Waals surface area contributed by atoms with Crippen molar-refractivity contribution in [1.82, 2.24) is 0 Å². The Kier molecular flexibility index (Phi) is 4.90. The van der Waals surface area contributed by atoms with Crippen LogP contribution in [0, 0.1) is 23.2 Å². The number of alkyl halides is 1. The van der Waals surface area contributed by atoms with E-state index in [2.05, 4.69) is 50.7 Å². The molecule has 19 heavy (non-hydrogen) atoms. The third-order valence-electron chi connectivity index (χ3n) is 3.06. The summed E-state index contributed by atoms with van der Waals surface area (Å²) in [5.41, 5.74) is 4.27. The van der Waals surface area contributed by atoms with Crippen LogP contribution in [-0.2, 0) is 0 Å². The van der Waals surface area contributed by atoms with Crippen LogP contribution in [0.5, 0.6) is 0 Å². The maximum atomic E-state index is 13.2. The van der Waals surface area contributed by atoms with E-state index in [-0.39, 0.29) is 11.2 Å². The van der Waals surface area contributed by atoms with E-state index < -0.39 is 0 Å². The molecule has 0 bridgehead atoms. The molecule has 0 heterocycles. The van der Waals surface area contributed by atoms with Crippen LogP contribution < -0.4 is 0 Å². The number of aryl methyl sites for hydroxylation is 2. The number of hydrogen-bond acceptors (Lipinski definition) is 0. The minimum absolute atomic E-state index is 0.235. The molecule has 2 aromatic rings. The van der Waals surface area contributed by atoms with Crippen LogP contribution in [0.25, 0.3) is 0 Å². The molecule has 0 saturated heterocycles. The molecule has 0 fully saturated rings. The molecule has 0 aromatic heterocycles. The van der Waals surface area contributed by atoms with Crippen LogP contribution in [0.2, 0.25) is 0 Å². The first kappa shape index (κ1) is 15.3. The molecule has 2 aromatic carbocycles. The topological polar surface area (TPSA) is 0 Å². The van der Waals surface area contributed by atoms with Crippen LogP contribution >= 0.6 is 50.1 Å². The summed E-state index contributed by atoms with van der Waals surface area (Å²) >= 11 is 12.2. The molecule has 0 nitrogen and oxygen atoms in total. The Balaban J connectivity index is 2.49. The number of benzene rings is 2. The fraction of sp³-hybridized carbons (Fsp3) is 0.200. The summed E-state index contributed by atoms with van der Waals surface area (Å²) in [5.74, 6) is -0.235. The minimum Gasteiger partial charge on any atom is -0.207 e. The van der Waals surface area contributed by atoms with E-state index in [4.69, 9.17) is 11.6 Å². The molecule has 0 saturated carbocycles. The van der Waals surface area contributed by atoms with Crippen molar-refractivity contribution < 1.29 is 4.39 Å². The minimum atomic E-state index is -0.265. The Morgan fingerprint density at radius 2 is 1.79 bits per heavy atom. The highest BCUT2D eigenvalue weighted by Gasteiger charge is 2.17. The Labute approximate surface area is 139 Å². The normalized spacial score (nSPS) is 12.5. The van der Waals surface area contributed by atoms with E-state index in [0.29, 0.717) is 0 Å². The van der Waals surface area contributed by atoms with Crippen molar-refractivity contribution in [2.75, 3.05) is 0 Å². The zero-order valence-electron chi connectivity index (χ0n) is 10.5. The van der Waals surface area contributed by atoms with Crippen molar-refractivity contribution >= 4 is 50.1 Å². The monoisotopic (exact) mass is 452 g/mol. The van der Waals surface area contributed by atoms with Gasteiger partial charge in [-0.3, -0.25) is 0 Å². The lowest BCUT2D eigenvalue weighted by atomic mass is 9.98. The van der Waals surface area contributed by atoms with E-state index in [9.17, 15) is 4.39 Å². The van der Waals surface area contributed by atoms with E-state index in [0.717, 1.165) is 30.3 Å². The highest BCUT2D eigenvalue weighted by Crippen LogP contribution is 2.36. The first-order valence-electron chi connectivity index (χ1n) is 5.76. The number of hydrogen-bond donors (Lipinski definition) is 0. The van der Waals surface area contributed by atoms with Crippen LogP contribution in [0.3, 0.4) is 0 Å². The summed E-state index contributed by atoms with van der Waals surface area (Å²) in [5, 5.41) is -0.265. The van der Waals surface area contributed by atoms with Gasteiger partial charge in [-0.05, 0) is 76.9 Å². The summed E-state index contributed by atoms with van der Waals surface area (Å²) in [6.45, 7) is 4.07. The predicted molar refractivity (Wildman–Crippen MR) is 90.4 cm³/mol. The molecule has 0 aliphatic carbocycles. The SMILES string of the molecule is Cc1cc(C(Cl)c2ccc(F)cc2I)c(C)cc1Br. The summed E-state index contributed by atoms with van der Waals surface area (Å²) < 4.78 is 15.1. The number of rotatable bonds is 2. The molecular weight excluding hydrogens is 441 g/mol. The molecule has 1 unspecified atom stereocenters. The van der Waals surface area contributed by atoms with Gasteiger partial charge in [0.05, 0.1) is 5.38 Å². The van der Waals surface area contributed by atoms with E-state index >= 15 is 0 Å². The van der Waals surface area contributed by atoms with Crippen molar-refractivity contribution in [3.8, 4) is 0 Å². The van der Waals surface area contributed by atoms with Gasteiger partial charge in [0, 0.05) is 8.04 Å². The first-order chi connectivity index (χ1) is 8.90. The molecule has 0 aliphatic rings. The smallest absolute Gasteiger partial charge is 0.124 e. The molecule has 0 spiro atoms. The zero-order chi connectivity index (χ0) is 14.2. The second kappa shape index (κ2) is 6.10. The van der Waals surface area contributed by atoms with Crippen molar-refractivity contribution in [3.63, 3.8) is 0 Å². The molecule has 0 aliphatic heterocycles. The average Bonchev–Trinajstić information content (AvgIpc) is 2.33. The van der Waals surface area contributed by atoms with Crippen molar-refractivity contribution in [1.29, 1.82) is 0 Å². The van der Waals surface area contributed by atoms with Gasteiger partial charge in [-0.2, -0.15) is 0 Å². The predicted octanol–water partition coefficient (Wildman–Crippen LogP) is 6.14. The van der Waals surface area contributed by atoms with Gasteiger partial charge < -0.3 is 0 Å². The van der Waals surface area contributed by atoms with Crippen LogP contribution in [0.4, 0.5) is 4.39 Å². The van der Waals surface area contributed by atoms with E-state index in [1.807, 2.05) is 13.8 Å². The fourth-order valence-electron chi connectivity index (χ4n) is 1.95. The third-order valence-corrected chi connectivity index (χ3v) is 5.31. The van der Waals surface area contributed by atoms with E-state index in [1.165, 1.54) is 12.1 Å². The standard InChI is InChI=1S/C15H12BrClFI/c1-8-6-13(16)9(2)5-12(8)15(17)11-4-3-10(18)7-14(11)19/h3-7,15H,1-2H3. The van der Waals surface area contributed by atoms with Crippen LogP contribution in [0.1, 0.15) is 27.6 Å². The van der Waals surface area contributed by atoms with Crippen LogP contribution in [-0.4, -0.2) is 0 Å². The van der Waals surface area contributed by atoms with Crippen LogP contribution in [0.15, 0.2) is 34.8 Å². The quantitative estimate of drug-likeness (QED) is 0.379. The zero-order valence-corrected chi connectivity index (χ0v) is 15.0. The molecule has 0 radical (unpaired) electrons. The van der Waals surface area contributed by atoms with Gasteiger partial charge in [0.25, 0.3) is 0 Å². The molecule has 0 N–H and O–H groups in total. The second-order valence-electron chi connectivity index (χ2n) is 4.49. The van der Waals surface area contributed by atoms with Gasteiger partial charge in [0.15, 0.2) is 0 Å². The van der Waals surface area contributed by atoms with Gasteiger partial charge in [0.2, 0.25) is 0 Å². The highest BCUT2D eigenvalue weighted by atomic mass is 127. The maximum Gasteiger partial charge on any atom is 0.124 e. The van der Waals surface area contributed by atoms with Crippen molar-refractivity contribution in [3.05, 3.63) is 66.4 Å². The van der Waals surface area contributed by atoms with Gasteiger partial charge in [-0.25, -0.2) is 4.39 Å². The Bertz CT molecular complexity index is 628. The van der Waals surface area contributed by atoms with Crippen molar-refractivity contribution in [2.45, 2.75) is 19.2 Å². The van der Waals surface area contributed by atoms with Gasteiger partial charge in [-0.1, -0.05) is 28.1 Å². The molecule has 4 heteroatoms. The number of halogens is 4. The fourth-order valence-corrected chi connectivity index (χ4v) is 3.81. The second-order valence-corrected chi connectivity index (χ2v) is 6.94. The van der Waals surface area contributed by atoms with Crippen molar-refractivity contribution in [2.24, 2.45) is 0 Å². The molecule has 1 atom stereocenters. The maximum absolute atomic E-state index is 13.2. The Hall–Kier alpha value is -0.130. The lowest BCUT2D eigenvalue weighted by Gasteiger charge is -2.16. The Morgan fingerprint density at radius 3 is 2.42 bits per heavy atom. The lowest BCUT2D eigenvalue weighted by molar-refractivity contribution is 0.626.